The van der Waals surface area contributed by atoms with Crippen LogP contribution < -0.4 is 10.5 Å². The van der Waals surface area contributed by atoms with Gasteiger partial charge in [-0.1, -0.05) is 42.5 Å². The molecule has 0 saturated heterocycles. The molecule has 0 aliphatic heterocycles. The van der Waals surface area contributed by atoms with Crippen LogP contribution in [0.3, 0.4) is 0 Å². The van der Waals surface area contributed by atoms with E-state index in [0.29, 0.717) is 16.4 Å². The summed E-state index contributed by atoms with van der Waals surface area (Å²) in [4.78, 5) is 3.97. The van der Waals surface area contributed by atoms with Crippen molar-refractivity contribution in [2.24, 2.45) is 0 Å². The standard InChI is InChI=1S/C14H16ClFN2Si/c1-19(2,3)10-4-5-13(12(16)8-10)18-14-9-17-7-6-11(14)15/h4-9,18H,1-3H3. The summed E-state index contributed by atoms with van der Waals surface area (Å²) in [6.07, 6.45) is 3.17. The second-order valence-electron chi connectivity index (χ2n) is 5.43. The fraction of sp³-hybridized carbons (Fsp3) is 0.214. The van der Waals surface area contributed by atoms with Gasteiger partial charge in [-0.25, -0.2) is 4.39 Å². The summed E-state index contributed by atoms with van der Waals surface area (Å²) in [7, 11) is -1.50. The molecule has 2 nitrogen and oxygen atoms in total. The summed E-state index contributed by atoms with van der Waals surface area (Å²) in [5.74, 6) is -0.264. The van der Waals surface area contributed by atoms with Crippen molar-refractivity contribution in [3.63, 3.8) is 0 Å². The Morgan fingerprint density at radius 3 is 2.47 bits per heavy atom. The van der Waals surface area contributed by atoms with Gasteiger partial charge in [0.05, 0.1) is 30.7 Å². The molecule has 0 radical (unpaired) electrons. The Kier molecular flexibility index (Phi) is 3.92. The molecule has 19 heavy (non-hydrogen) atoms. The van der Waals surface area contributed by atoms with E-state index in [9.17, 15) is 4.39 Å². The van der Waals surface area contributed by atoms with Crippen molar-refractivity contribution in [1.82, 2.24) is 4.98 Å². The van der Waals surface area contributed by atoms with E-state index < -0.39 is 8.07 Å². The van der Waals surface area contributed by atoms with Crippen LogP contribution in [0.25, 0.3) is 0 Å². The fourth-order valence-electron chi connectivity index (χ4n) is 1.70. The average molecular weight is 295 g/mol. The Balaban J connectivity index is 2.30. The van der Waals surface area contributed by atoms with Gasteiger partial charge < -0.3 is 5.32 Å². The Morgan fingerprint density at radius 1 is 1.16 bits per heavy atom. The summed E-state index contributed by atoms with van der Waals surface area (Å²) < 4.78 is 14.1. The molecule has 1 aromatic carbocycles. The number of nitrogens with one attached hydrogen (secondary N) is 1. The number of rotatable bonds is 3. The van der Waals surface area contributed by atoms with Gasteiger partial charge in [-0.15, -0.1) is 0 Å². The maximum atomic E-state index is 14.1. The molecule has 100 valence electrons. The number of halogens is 2. The number of benzene rings is 1. The van der Waals surface area contributed by atoms with E-state index in [1.165, 1.54) is 0 Å². The fourth-order valence-corrected chi connectivity index (χ4v) is 2.99. The van der Waals surface area contributed by atoms with Gasteiger partial charge >= 0.3 is 0 Å². The molecule has 1 heterocycles. The second-order valence-corrected chi connectivity index (χ2v) is 10.9. The molecule has 0 unspecified atom stereocenters. The lowest BCUT2D eigenvalue weighted by Gasteiger charge is -2.18. The van der Waals surface area contributed by atoms with E-state index in [1.807, 2.05) is 6.07 Å². The third-order valence-electron chi connectivity index (χ3n) is 2.87. The lowest BCUT2D eigenvalue weighted by molar-refractivity contribution is 0.633. The van der Waals surface area contributed by atoms with Crippen LogP contribution in [0.15, 0.2) is 36.7 Å². The molecule has 0 saturated carbocycles. The Hall–Kier alpha value is -1.39. The van der Waals surface area contributed by atoms with Crippen LogP contribution in [-0.4, -0.2) is 13.1 Å². The predicted octanol–water partition coefficient (Wildman–Crippen LogP) is 4.16. The molecule has 0 aliphatic rings. The first-order valence-corrected chi connectivity index (χ1v) is 9.92. The largest absolute Gasteiger partial charge is 0.351 e. The Labute approximate surface area is 118 Å². The van der Waals surface area contributed by atoms with E-state index in [1.54, 1.807) is 30.6 Å². The lowest BCUT2D eigenvalue weighted by atomic mass is 10.3. The zero-order valence-electron chi connectivity index (χ0n) is 11.2. The summed E-state index contributed by atoms with van der Waals surface area (Å²) >= 11 is 6.01. The van der Waals surface area contributed by atoms with Crippen LogP contribution >= 0.6 is 11.6 Å². The SMILES string of the molecule is C[Si](C)(C)c1ccc(Nc2cnccc2Cl)c(F)c1. The van der Waals surface area contributed by atoms with E-state index in [4.69, 9.17) is 11.6 Å². The number of hydrogen-bond acceptors (Lipinski definition) is 2. The molecule has 0 aliphatic carbocycles. The number of nitrogens with zero attached hydrogens (tertiary/aromatic N) is 1. The summed E-state index contributed by atoms with van der Waals surface area (Å²) in [5.41, 5.74) is 1.01. The minimum atomic E-state index is -1.50. The molecular formula is C14H16ClFN2Si. The molecule has 1 N–H and O–H groups in total. The number of pyridine rings is 1. The minimum absolute atomic E-state index is 0.264. The summed E-state index contributed by atoms with van der Waals surface area (Å²) in [6.45, 7) is 6.56. The summed E-state index contributed by atoms with van der Waals surface area (Å²) in [6, 6.07) is 7.01. The molecule has 5 heteroatoms. The molecular weight excluding hydrogens is 279 g/mol. The van der Waals surface area contributed by atoms with Crippen molar-refractivity contribution in [1.29, 1.82) is 0 Å². The predicted molar refractivity (Wildman–Crippen MR) is 81.9 cm³/mol. The molecule has 0 amide bonds. The van der Waals surface area contributed by atoms with Crippen molar-refractivity contribution in [3.8, 4) is 0 Å². The average Bonchev–Trinajstić information content (AvgIpc) is 2.33. The summed E-state index contributed by atoms with van der Waals surface area (Å²) in [5, 5.41) is 4.57. The zero-order valence-corrected chi connectivity index (χ0v) is 12.9. The van der Waals surface area contributed by atoms with Crippen LogP contribution in [0.5, 0.6) is 0 Å². The van der Waals surface area contributed by atoms with Gasteiger partial charge in [-0.3, -0.25) is 4.98 Å². The zero-order chi connectivity index (χ0) is 14.0. The molecule has 2 aromatic rings. The highest BCUT2D eigenvalue weighted by molar-refractivity contribution is 6.88. The highest BCUT2D eigenvalue weighted by Gasteiger charge is 2.18. The van der Waals surface area contributed by atoms with Gasteiger partial charge in [-0.05, 0) is 18.2 Å². The maximum absolute atomic E-state index is 14.1. The Bertz CT molecular complexity index is 596. The molecule has 0 fully saturated rings. The van der Waals surface area contributed by atoms with E-state index in [-0.39, 0.29) is 5.82 Å². The van der Waals surface area contributed by atoms with Crippen LogP contribution in [0.4, 0.5) is 15.8 Å². The monoisotopic (exact) mass is 294 g/mol. The normalized spacial score (nSPS) is 11.4. The number of anilines is 2. The first-order chi connectivity index (χ1) is 8.88. The molecule has 2 rings (SSSR count). The first-order valence-electron chi connectivity index (χ1n) is 6.04. The van der Waals surface area contributed by atoms with Crippen molar-refractivity contribution in [3.05, 3.63) is 47.5 Å². The third kappa shape index (κ3) is 3.33. The second kappa shape index (κ2) is 5.31. The quantitative estimate of drug-likeness (QED) is 0.860. The van der Waals surface area contributed by atoms with Gasteiger partial charge in [-0.2, -0.15) is 0 Å². The van der Waals surface area contributed by atoms with Crippen LogP contribution in [0.2, 0.25) is 24.7 Å². The molecule has 1 aromatic heterocycles. The number of aromatic nitrogens is 1. The van der Waals surface area contributed by atoms with Gasteiger partial charge in [0.2, 0.25) is 0 Å². The molecule has 0 atom stereocenters. The first kappa shape index (κ1) is 14.0. The van der Waals surface area contributed by atoms with Crippen LogP contribution in [-0.2, 0) is 0 Å². The van der Waals surface area contributed by atoms with E-state index in [2.05, 4.69) is 29.9 Å². The van der Waals surface area contributed by atoms with E-state index in [0.717, 1.165) is 5.19 Å². The van der Waals surface area contributed by atoms with Gasteiger partial charge in [0.25, 0.3) is 0 Å². The highest BCUT2D eigenvalue weighted by Crippen LogP contribution is 2.25. The van der Waals surface area contributed by atoms with E-state index >= 15 is 0 Å². The van der Waals surface area contributed by atoms with Crippen molar-refractivity contribution >= 4 is 36.2 Å². The lowest BCUT2D eigenvalue weighted by Crippen LogP contribution is -2.37. The third-order valence-corrected chi connectivity index (χ3v) is 5.24. The Morgan fingerprint density at radius 2 is 1.89 bits per heavy atom. The maximum Gasteiger partial charge on any atom is 0.146 e. The highest BCUT2D eigenvalue weighted by atomic mass is 35.5. The smallest absolute Gasteiger partial charge is 0.146 e. The number of hydrogen-bond donors (Lipinski definition) is 1. The van der Waals surface area contributed by atoms with Crippen LogP contribution in [0.1, 0.15) is 0 Å². The van der Waals surface area contributed by atoms with Gasteiger partial charge in [0, 0.05) is 6.20 Å². The van der Waals surface area contributed by atoms with Gasteiger partial charge in [0.1, 0.15) is 5.82 Å². The topological polar surface area (TPSA) is 24.9 Å². The molecule has 0 bridgehead atoms. The van der Waals surface area contributed by atoms with Crippen molar-refractivity contribution in [2.75, 3.05) is 5.32 Å². The van der Waals surface area contributed by atoms with Crippen molar-refractivity contribution in [2.45, 2.75) is 19.6 Å². The minimum Gasteiger partial charge on any atom is -0.351 e. The van der Waals surface area contributed by atoms with Crippen molar-refractivity contribution < 1.29 is 4.39 Å². The molecule has 0 spiro atoms. The van der Waals surface area contributed by atoms with Gasteiger partial charge in [0.15, 0.2) is 0 Å². The van der Waals surface area contributed by atoms with Crippen LogP contribution in [0, 0.1) is 5.82 Å².